The zero-order valence-electron chi connectivity index (χ0n) is 8.04. The van der Waals surface area contributed by atoms with Crippen LogP contribution in [0.15, 0.2) is 24.3 Å². The van der Waals surface area contributed by atoms with Gasteiger partial charge in [-0.2, -0.15) is 5.26 Å². The highest BCUT2D eigenvalue weighted by Crippen LogP contribution is 2.16. The fraction of sp³-hybridized carbons (Fsp3) is 0.364. The van der Waals surface area contributed by atoms with Gasteiger partial charge >= 0.3 is 0 Å². The lowest BCUT2D eigenvalue weighted by Gasteiger charge is -2.13. The molecule has 68 valence electrons. The third-order valence-corrected chi connectivity index (χ3v) is 2.17. The summed E-state index contributed by atoms with van der Waals surface area (Å²) in [5.74, 6) is 0. The molecule has 0 bridgehead atoms. The lowest BCUT2D eigenvalue weighted by Crippen LogP contribution is -2.15. The van der Waals surface area contributed by atoms with Crippen molar-refractivity contribution in [2.24, 2.45) is 0 Å². The van der Waals surface area contributed by atoms with Crippen LogP contribution in [0.4, 0.5) is 0 Å². The highest BCUT2D eigenvalue weighted by atomic mass is 14.9. The molecule has 1 unspecified atom stereocenters. The van der Waals surface area contributed by atoms with Crippen molar-refractivity contribution in [3.63, 3.8) is 0 Å². The molecule has 0 aliphatic rings. The van der Waals surface area contributed by atoms with Crippen molar-refractivity contribution < 1.29 is 0 Å². The van der Waals surface area contributed by atoms with Gasteiger partial charge in [0.1, 0.15) is 0 Å². The van der Waals surface area contributed by atoms with Gasteiger partial charge in [0.2, 0.25) is 0 Å². The second-order valence-corrected chi connectivity index (χ2v) is 2.99. The molecular weight excluding hydrogens is 160 g/mol. The molecule has 0 amide bonds. The van der Waals surface area contributed by atoms with Crippen molar-refractivity contribution in [2.45, 2.75) is 19.4 Å². The summed E-state index contributed by atoms with van der Waals surface area (Å²) in [6.07, 6.45) is 1.03. The molecule has 0 radical (unpaired) electrons. The molecule has 1 N–H and O–H groups in total. The lowest BCUT2D eigenvalue weighted by atomic mass is 10.0. The van der Waals surface area contributed by atoms with Gasteiger partial charge in [0.05, 0.1) is 11.6 Å². The minimum Gasteiger partial charge on any atom is -0.313 e. The summed E-state index contributed by atoms with van der Waals surface area (Å²) in [6, 6.07) is 10.2. The largest absolute Gasteiger partial charge is 0.313 e. The Morgan fingerprint density at radius 1 is 1.54 bits per heavy atom. The minimum atomic E-state index is 0.355. The second kappa shape index (κ2) is 4.64. The molecule has 0 fully saturated rings. The van der Waals surface area contributed by atoms with Crippen molar-refractivity contribution >= 4 is 0 Å². The summed E-state index contributed by atoms with van der Waals surface area (Å²) >= 11 is 0. The van der Waals surface area contributed by atoms with E-state index in [-0.39, 0.29) is 0 Å². The summed E-state index contributed by atoms with van der Waals surface area (Å²) in [6.45, 7) is 2.13. The molecule has 13 heavy (non-hydrogen) atoms. The SMILES string of the molecule is CCC(NC)c1cccc(C#N)c1. The van der Waals surface area contributed by atoms with Crippen LogP contribution in [0.25, 0.3) is 0 Å². The maximum absolute atomic E-state index is 8.72. The van der Waals surface area contributed by atoms with Crippen molar-refractivity contribution in [2.75, 3.05) is 7.05 Å². The van der Waals surface area contributed by atoms with E-state index >= 15 is 0 Å². The highest BCUT2D eigenvalue weighted by molar-refractivity contribution is 5.34. The fourth-order valence-corrected chi connectivity index (χ4v) is 1.43. The van der Waals surface area contributed by atoms with Crippen LogP contribution in [0.3, 0.4) is 0 Å². The molecule has 1 rings (SSSR count). The average Bonchev–Trinajstić information content (AvgIpc) is 2.20. The van der Waals surface area contributed by atoms with Crippen LogP contribution in [0, 0.1) is 11.3 Å². The average molecular weight is 174 g/mol. The van der Waals surface area contributed by atoms with E-state index in [0.717, 1.165) is 12.0 Å². The lowest BCUT2D eigenvalue weighted by molar-refractivity contribution is 0.577. The molecule has 1 aromatic rings. The van der Waals surface area contributed by atoms with Crippen molar-refractivity contribution in [1.82, 2.24) is 5.32 Å². The first-order chi connectivity index (χ1) is 6.31. The molecule has 1 aromatic carbocycles. The van der Waals surface area contributed by atoms with Crippen LogP contribution in [0.1, 0.15) is 30.5 Å². The molecule has 1 atom stereocenters. The van der Waals surface area contributed by atoms with E-state index in [4.69, 9.17) is 5.26 Å². The van der Waals surface area contributed by atoms with E-state index in [1.54, 1.807) is 0 Å². The molecular formula is C11H14N2. The van der Waals surface area contributed by atoms with E-state index in [0.29, 0.717) is 6.04 Å². The van der Waals surface area contributed by atoms with Gasteiger partial charge in [-0.15, -0.1) is 0 Å². The molecule has 0 heterocycles. The quantitative estimate of drug-likeness (QED) is 0.762. The van der Waals surface area contributed by atoms with Gasteiger partial charge in [0.15, 0.2) is 0 Å². The summed E-state index contributed by atoms with van der Waals surface area (Å²) < 4.78 is 0. The van der Waals surface area contributed by atoms with E-state index in [1.165, 1.54) is 5.56 Å². The van der Waals surface area contributed by atoms with Gasteiger partial charge < -0.3 is 5.32 Å². The summed E-state index contributed by atoms with van der Waals surface area (Å²) in [5.41, 5.74) is 1.91. The Morgan fingerprint density at radius 2 is 2.31 bits per heavy atom. The van der Waals surface area contributed by atoms with Crippen LogP contribution < -0.4 is 5.32 Å². The van der Waals surface area contributed by atoms with Gasteiger partial charge in [-0.25, -0.2) is 0 Å². The van der Waals surface area contributed by atoms with Crippen LogP contribution in [0.5, 0.6) is 0 Å². The molecule has 2 heteroatoms. The van der Waals surface area contributed by atoms with Crippen molar-refractivity contribution in [1.29, 1.82) is 5.26 Å². The number of hydrogen-bond donors (Lipinski definition) is 1. The van der Waals surface area contributed by atoms with Crippen molar-refractivity contribution in [3.05, 3.63) is 35.4 Å². The third-order valence-electron chi connectivity index (χ3n) is 2.17. The molecule has 0 aromatic heterocycles. The molecule has 0 saturated carbocycles. The van der Waals surface area contributed by atoms with Crippen LogP contribution in [-0.4, -0.2) is 7.05 Å². The van der Waals surface area contributed by atoms with Crippen molar-refractivity contribution in [3.8, 4) is 6.07 Å². The predicted molar refractivity (Wildman–Crippen MR) is 53.2 cm³/mol. The molecule has 0 spiro atoms. The zero-order valence-corrected chi connectivity index (χ0v) is 8.04. The highest BCUT2D eigenvalue weighted by Gasteiger charge is 2.05. The summed E-state index contributed by atoms with van der Waals surface area (Å²) in [7, 11) is 1.94. The Balaban J connectivity index is 2.94. The standard InChI is InChI=1S/C11H14N2/c1-3-11(13-2)10-6-4-5-9(7-10)8-12/h4-7,11,13H,3H2,1-2H3. The van der Waals surface area contributed by atoms with Crippen LogP contribution in [-0.2, 0) is 0 Å². The number of nitriles is 1. The van der Waals surface area contributed by atoms with E-state index in [2.05, 4.69) is 18.3 Å². The number of nitrogens with one attached hydrogen (secondary N) is 1. The van der Waals surface area contributed by atoms with Gasteiger partial charge in [-0.3, -0.25) is 0 Å². The molecule has 0 aliphatic heterocycles. The first-order valence-electron chi connectivity index (χ1n) is 4.49. The summed E-state index contributed by atoms with van der Waals surface area (Å²) in [4.78, 5) is 0. The maximum atomic E-state index is 8.72. The predicted octanol–water partition coefficient (Wildman–Crippen LogP) is 2.23. The van der Waals surface area contributed by atoms with Gasteiger partial charge in [0.25, 0.3) is 0 Å². The third kappa shape index (κ3) is 2.30. The Morgan fingerprint density at radius 3 is 2.85 bits per heavy atom. The van der Waals surface area contributed by atoms with E-state index in [1.807, 2.05) is 31.3 Å². The van der Waals surface area contributed by atoms with E-state index < -0.39 is 0 Å². The van der Waals surface area contributed by atoms with Gasteiger partial charge in [0, 0.05) is 6.04 Å². The topological polar surface area (TPSA) is 35.8 Å². The van der Waals surface area contributed by atoms with Gasteiger partial charge in [-0.1, -0.05) is 19.1 Å². The Hall–Kier alpha value is -1.33. The van der Waals surface area contributed by atoms with Gasteiger partial charge in [-0.05, 0) is 31.2 Å². The number of nitrogens with zero attached hydrogens (tertiary/aromatic N) is 1. The first-order valence-corrected chi connectivity index (χ1v) is 4.49. The Labute approximate surface area is 79.2 Å². The minimum absolute atomic E-state index is 0.355. The molecule has 0 aliphatic carbocycles. The smallest absolute Gasteiger partial charge is 0.0991 e. The molecule has 0 saturated heterocycles. The fourth-order valence-electron chi connectivity index (χ4n) is 1.43. The summed E-state index contributed by atoms with van der Waals surface area (Å²) in [5, 5.41) is 11.9. The van der Waals surface area contributed by atoms with Crippen LogP contribution >= 0.6 is 0 Å². The van der Waals surface area contributed by atoms with Crippen LogP contribution in [0.2, 0.25) is 0 Å². The zero-order chi connectivity index (χ0) is 9.68. The molecule has 2 nitrogen and oxygen atoms in total. The normalized spacial score (nSPS) is 12.1. The number of hydrogen-bond acceptors (Lipinski definition) is 2. The Kier molecular flexibility index (Phi) is 3.48. The number of benzene rings is 1. The monoisotopic (exact) mass is 174 g/mol. The first kappa shape index (κ1) is 9.76. The Bertz CT molecular complexity index is 308. The maximum Gasteiger partial charge on any atom is 0.0991 e. The second-order valence-electron chi connectivity index (χ2n) is 2.99. The number of rotatable bonds is 3. The van der Waals surface area contributed by atoms with E-state index in [9.17, 15) is 0 Å².